The van der Waals surface area contributed by atoms with E-state index < -0.39 is 28.4 Å². The van der Waals surface area contributed by atoms with E-state index >= 15 is 0 Å². The van der Waals surface area contributed by atoms with Crippen LogP contribution >= 0.6 is 11.6 Å². The number of imidazole rings is 1. The van der Waals surface area contributed by atoms with Gasteiger partial charge in [0.1, 0.15) is 23.5 Å². The Morgan fingerprint density at radius 1 is 1.06 bits per heavy atom. The van der Waals surface area contributed by atoms with Gasteiger partial charge in [-0.25, -0.2) is 13.8 Å². The van der Waals surface area contributed by atoms with Crippen LogP contribution in [0.25, 0.3) is 28.2 Å². The van der Waals surface area contributed by atoms with Gasteiger partial charge < -0.3 is 14.8 Å². The molecule has 5 nitrogen and oxygen atoms in total. The molecule has 0 saturated carbocycles. The number of rotatable bonds is 6. The summed E-state index contributed by atoms with van der Waals surface area (Å²) in [6, 6.07) is 13.9. The number of halogens is 3. The molecule has 1 heterocycles. The summed E-state index contributed by atoms with van der Waals surface area (Å²) in [6.07, 6.45) is 3.04. The van der Waals surface area contributed by atoms with Crippen LogP contribution in [-0.2, 0) is 23.4 Å². The van der Waals surface area contributed by atoms with Gasteiger partial charge in [0, 0.05) is 17.8 Å². The average Bonchev–Trinajstić information content (AvgIpc) is 3.23. The Labute approximate surface area is 209 Å². The third-order valence-electron chi connectivity index (χ3n) is 5.61. The van der Waals surface area contributed by atoms with E-state index in [0.29, 0.717) is 16.1 Å². The SMILES string of the molecule is C[S@+]([O-])c1cc(-c2ccc(-n3cc(C(C)(C)O)nc3-c3c(F)cccc3F)c(Cl)c2)ccc1CO. The van der Waals surface area contributed by atoms with Crippen molar-refractivity contribution in [1.29, 1.82) is 0 Å². The van der Waals surface area contributed by atoms with Crippen LogP contribution in [0.15, 0.2) is 65.7 Å². The fourth-order valence-electron chi connectivity index (χ4n) is 3.76. The highest BCUT2D eigenvalue weighted by molar-refractivity contribution is 7.90. The largest absolute Gasteiger partial charge is 0.612 e. The molecule has 1 atom stereocenters. The number of hydrogen-bond donors (Lipinski definition) is 2. The maximum Gasteiger partial charge on any atom is 0.158 e. The van der Waals surface area contributed by atoms with E-state index in [9.17, 15) is 23.5 Å². The van der Waals surface area contributed by atoms with Crippen LogP contribution in [0, 0.1) is 11.6 Å². The second-order valence-electron chi connectivity index (χ2n) is 8.58. The minimum atomic E-state index is -1.37. The molecule has 4 aromatic rings. The normalized spacial score (nSPS) is 12.7. The molecule has 0 bridgehead atoms. The Morgan fingerprint density at radius 3 is 2.26 bits per heavy atom. The summed E-state index contributed by atoms with van der Waals surface area (Å²) < 4.78 is 42.9. The van der Waals surface area contributed by atoms with Crippen molar-refractivity contribution >= 4 is 22.8 Å². The third kappa shape index (κ3) is 4.98. The molecule has 3 aromatic carbocycles. The van der Waals surface area contributed by atoms with Crippen LogP contribution < -0.4 is 0 Å². The number of aliphatic hydroxyl groups excluding tert-OH is 1. The van der Waals surface area contributed by atoms with E-state index in [1.807, 2.05) is 0 Å². The second-order valence-corrected chi connectivity index (χ2v) is 10.3. The van der Waals surface area contributed by atoms with Gasteiger partial charge in [0.05, 0.1) is 28.6 Å². The Bertz CT molecular complexity index is 1380. The van der Waals surface area contributed by atoms with E-state index in [1.54, 1.807) is 36.4 Å². The van der Waals surface area contributed by atoms with E-state index in [2.05, 4.69) is 4.98 Å². The van der Waals surface area contributed by atoms with Crippen molar-refractivity contribution in [1.82, 2.24) is 9.55 Å². The molecule has 0 amide bonds. The molecule has 0 aliphatic carbocycles. The zero-order valence-corrected chi connectivity index (χ0v) is 20.8. The van der Waals surface area contributed by atoms with Crippen molar-refractivity contribution in [3.63, 3.8) is 0 Å². The van der Waals surface area contributed by atoms with Crippen LogP contribution in [0.5, 0.6) is 0 Å². The molecule has 2 N–H and O–H groups in total. The molecule has 4 rings (SSSR count). The first-order valence-corrected chi connectivity index (χ1v) is 12.6. The van der Waals surface area contributed by atoms with Crippen molar-refractivity contribution in [3.05, 3.63) is 88.7 Å². The maximum absolute atomic E-state index is 14.7. The number of nitrogens with zero attached hydrogens (tertiary/aromatic N) is 2. The van der Waals surface area contributed by atoms with Gasteiger partial charge in [-0.05, 0) is 60.4 Å². The van der Waals surface area contributed by atoms with Crippen LogP contribution in [0.4, 0.5) is 8.78 Å². The lowest BCUT2D eigenvalue weighted by molar-refractivity contribution is 0.0743. The van der Waals surface area contributed by atoms with Crippen LogP contribution in [0.1, 0.15) is 25.1 Å². The quantitative estimate of drug-likeness (QED) is 0.327. The highest BCUT2D eigenvalue weighted by Crippen LogP contribution is 2.35. The van der Waals surface area contributed by atoms with E-state index in [1.165, 1.54) is 36.9 Å². The lowest BCUT2D eigenvalue weighted by Crippen LogP contribution is -2.15. The second kappa shape index (κ2) is 9.72. The lowest BCUT2D eigenvalue weighted by atomic mass is 10.0. The minimum absolute atomic E-state index is 0.0386. The molecule has 0 aliphatic rings. The van der Waals surface area contributed by atoms with Crippen molar-refractivity contribution in [2.24, 2.45) is 0 Å². The first-order chi connectivity index (χ1) is 16.5. The van der Waals surface area contributed by atoms with Gasteiger partial charge in [0.15, 0.2) is 10.7 Å². The van der Waals surface area contributed by atoms with Gasteiger partial charge in [-0.1, -0.05) is 35.9 Å². The molecule has 1 aromatic heterocycles. The zero-order valence-electron chi connectivity index (χ0n) is 19.2. The van der Waals surface area contributed by atoms with Crippen LogP contribution in [0.3, 0.4) is 0 Å². The monoisotopic (exact) mass is 516 g/mol. The van der Waals surface area contributed by atoms with E-state index in [-0.39, 0.29) is 28.7 Å². The Morgan fingerprint density at radius 2 is 1.69 bits per heavy atom. The predicted octanol–water partition coefficient (Wildman–Crippen LogP) is 5.60. The first kappa shape index (κ1) is 25.3. The predicted molar refractivity (Wildman–Crippen MR) is 133 cm³/mol. The van der Waals surface area contributed by atoms with Gasteiger partial charge in [-0.3, -0.25) is 4.57 Å². The van der Waals surface area contributed by atoms with Crippen LogP contribution in [-0.4, -0.2) is 30.6 Å². The molecule has 0 fully saturated rings. The molecule has 0 radical (unpaired) electrons. The molecular weight excluding hydrogens is 494 g/mol. The summed E-state index contributed by atoms with van der Waals surface area (Å²) in [7, 11) is 0. The number of aliphatic hydroxyl groups is 2. The van der Waals surface area contributed by atoms with E-state index in [4.69, 9.17) is 11.6 Å². The van der Waals surface area contributed by atoms with Crippen molar-refractivity contribution in [2.45, 2.75) is 31.0 Å². The fourth-order valence-corrected chi connectivity index (χ4v) is 4.83. The summed E-state index contributed by atoms with van der Waals surface area (Å²) in [5.41, 5.74) is 0.950. The molecule has 0 aliphatic heterocycles. The van der Waals surface area contributed by atoms with E-state index in [0.717, 1.165) is 23.3 Å². The summed E-state index contributed by atoms with van der Waals surface area (Å²) in [4.78, 5) is 4.86. The summed E-state index contributed by atoms with van der Waals surface area (Å²) in [5, 5.41) is 20.3. The van der Waals surface area contributed by atoms with Crippen LogP contribution in [0.2, 0.25) is 5.02 Å². The molecule has 35 heavy (non-hydrogen) atoms. The number of hydrogen-bond acceptors (Lipinski definition) is 4. The van der Waals surface area contributed by atoms with Gasteiger partial charge >= 0.3 is 0 Å². The summed E-state index contributed by atoms with van der Waals surface area (Å²) in [5.74, 6) is -1.63. The van der Waals surface area contributed by atoms with Crippen molar-refractivity contribution in [3.8, 4) is 28.2 Å². The summed E-state index contributed by atoms with van der Waals surface area (Å²) >= 11 is 5.34. The summed E-state index contributed by atoms with van der Waals surface area (Å²) in [6.45, 7) is 2.82. The van der Waals surface area contributed by atoms with Gasteiger partial charge in [0.2, 0.25) is 0 Å². The molecule has 0 spiro atoms. The maximum atomic E-state index is 14.7. The van der Waals surface area contributed by atoms with Crippen molar-refractivity contribution < 1.29 is 23.5 Å². The highest BCUT2D eigenvalue weighted by Gasteiger charge is 2.26. The molecule has 182 valence electrons. The molecular formula is C26H23ClF2N2O3S. The van der Waals surface area contributed by atoms with Gasteiger partial charge in [0.25, 0.3) is 0 Å². The highest BCUT2D eigenvalue weighted by atomic mass is 35.5. The molecule has 9 heteroatoms. The standard InChI is InChI=1S/C26H23ClF2N2O3S/c1-26(2,33)23-13-31(25(30-23)24-19(28)5-4-6-20(24)29)21-10-9-15(11-18(21)27)16-7-8-17(14-32)22(12-16)35(3)34/h4-13,32-33H,14H2,1-3H3/t35-/m0/s1. The molecule has 0 saturated heterocycles. The molecule has 0 unspecified atom stereocenters. The third-order valence-corrected chi connectivity index (χ3v) is 6.91. The Hall–Kier alpha value is -2.75. The van der Waals surface area contributed by atoms with Gasteiger partial charge in [-0.2, -0.15) is 0 Å². The number of benzene rings is 3. The first-order valence-electron chi connectivity index (χ1n) is 10.7. The fraction of sp³-hybridized carbons (Fsp3) is 0.192. The zero-order chi connectivity index (χ0) is 25.5. The Kier molecular flexibility index (Phi) is 7.04. The number of aromatic nitrogens is 2. The average molecular weight is 517 g/mol. The minimum Gasteiger partial charge on any atom is -0.612 e. The smallest absolute Gasteiger partial charge is 0.158 e. The lowest BCUT2D eigenvalue weighted by Gasteiger charge is -2.14. The van der Waals surface area contributed by atoms with Gasteiger partial charge in [-0.15, -0.1) is 0 Å². The Balaban J connectivity index is 1.86. The topological polar surface area (TPSA) is 81.3 Å². The van der Waals surface area contributed by atoms with Crippen molar-refractivity contribution in [2.75, 3.05) is 6.26 Å².